The second-order valence-corrected chi connectivity index (χ2v) is 8.07. The zero-order valence-electron chi connectivity index (χ0n) is 16.7. The highest BCUT2D eigenvalue weighted by molar-refractivity contribution is 6.42. The average molecular weight is 431 g/mol. The van der Waals surface area contributed by atoms with Crippen LogP contribution in [0.25, 0.3) is 10.9 Å². The maximum Gasteiger partial charge on any atom is 0.228 e. The number of rotatable bonds is 7. The molecule has 1 aromatic heterocycles. The fourth-order valence-corrected chi connectivity index (χ4v) is 3.33. The highest BCUT2D eigenvalue weighted by Gasteiger charge is 2.09. The Balaban J connectivity index is 1.70. The van der Waals surface area contributed by atoms with Crippen LogP contribution in [-0.2, 0) is 11.2 Å². The van der Waals surface area contributed by atoms with Crippen molar-refractivity contribution >= 4 is 51.5 Å². The van der Waals surface area contributed by atoms with Crippen LogP contribution in [0, 0.1) is 6.92 Å². The number of aromatic nitrogens is 1. The summed E-state index contributed by atoms with van der Waals surface area (Å²) in [6.07, 6.45) is 0.223. The molecule has 0 saturated carbocycles. The Bertz CT molecular complexity index is 1040. The Morgan fingerprint density at radius 2 is 1.86 bits per heavy atom. The quantitative estimate of drug-likeness (QED) is 0.553. The second kappa shape index (κ2) is 9.44. The summed E-state index contributed by atoms with van der Waals surface area (Å²) < 4.78 is 0. The first-order valence-electron chi connectivity index (χ1n) is 9.35. The molecule has 2 N–H and O–H groups in total. The molecule has 0 spiro atoms. The van der Waals surface area contributed by atoms with Crippen LogP contribution >= 0.6 is 23.2 Å². The highest BCUT2D eigenvalue weighted by Crippen LogP contribution is 2.25. The molecule has 0 atom stereocenters. The molecular formula is C22H24Cl2N4O. The number of fused-ring (bicyclic) bond motifs is 1. The van der Waals surface area contributed by atoms with Gasteiger partial charge in [0.05, 0.1) is 22.0 Å². The molecule has 0 fully saturated rings. The highest BCUT2D eigenvalue weighted by atomic mass is 35.5. The van der Waals surface area contributed by atoms with Gasteiger partial charge in [-0.05, 0) is 68.5 Å². The van der Waals surface area contributed by atoms with E-state index in [4.69, 9.17) is 23.2 Å². The number of likely N-dealkylation sites (N-methyl/N-ethyl adjacent to an activating group) is 1. The van der Waals surface area contributed by atoms with Gasteiger partial charge in [0.15, 0.2) is 0 Å². The number of nitrogens with zero attached hydrogens (tertiary/aromatic N) is 2. The van der Waals surface area contributed by atoms with E-state index in [2.05, 4.69) is 20.5 Å². The van der Waals surface area contributed by atoms with Crippen molar-refractivity contribution in [1.29, 1.82) is 0 Å². The summed E-state index contributed by atoms with van der Waals surface area (Å²) >= 11 is 11.9. The lowest BCUT2D eigenvalue weighted by Crippen LogP contribution is -2.21. The number of aryl methyl sites for hydroxylation is 1. The number of pyridine rings is 1. The molecular weight excluding hydrogens is 407 g/mol. The van der Waals surface area contributed by atoms with Gasteiger partial charge in [-0.15, -0.1) is 0 Å². The van der Waals surface area contributed by atoms with Crippen LogP contribution in [0.1, 0.15) is 11.1 Å². The third-order valence-corrected chi connectivity index (χ3v) is 5.25. The average Bonchev–Trinajstić information content (AvgIpc) is 2.65. The number of hydrogen-bond acceptors (Lipinski definition) is 4. The molecule has 7 heteroatoms. The molecule has 1 heterocycles. The first-order valence-corrected chi connectivity index (χ1v) is 10.1. The molecule has 0 saturated heterocycles. The number of nitrogens with one attached hydrogen (secondary N) is 2. The molecule has 0 aliphatic carbocycles. The molecule has 5 nitrogen and oxygen atoms in total. The van der Waals surface area contributed by atoms with Gasteiger partial charge in [0.2, 0.25) is 5.91 Å². The number of halogens is 2. The molecule has 29 heavy (non-hydrogen) atoms. The van der Waals surface area contributed by atoms with Crippen molar-refractivity contribution < 1.29 is 4.79 Å². The van der Waals surface area contributed by atoms with E-state index in [1.165, 1.54) is 0 Å². The molecule has 0 aliphatic rings. The molecule has 3 rings (SSSR count). The van der Waals surface area contributed by atoms with Crippen molar-refractivity contribution in [2.75, 3.05) is 37.8 Å². The van der Waals surface area contributed by atoms with Gasteiger partial charge in [-0.1, -0.05) is 29.3 Å². The lowest BCUT2D eigenvalue weighted by Gasteiger charge is -2.13. The number of anilines is 2. The number of benzene rings is 2. The Labute approximate surface area is 181 Å². The normalized spacial score (nSPS) is 11.1. The molecule has 1 amide bonds. The predicted molar refractivity (Wildman–Crippen MR) is 122 cm³/mol. The van der Waals surface area contributed by atoms with Crippen molar-refractivity contribution in [3.05, 3.63) is 63.6 Å². The Hall–Kier alpha value is -2.34. The van der Waals surface area contributed by atoms with E-state index in [1.807, 2.05) is 45.3 Å². The number of carbonyl (C=O) groups is 1. The van der Waals surface area contributed by atoms with Crippen molar-refractivity contribution in [1.82, 2.24) is 9.88 Å². The lowest BCUT2D eigenvalue weighted by molar-refractivity contribution is -0.115. The summed E-state index contributed by atoms with van der Waals surface area (Å²) in [6, 6.07) is 13.0. The van der Waals surface area contributed by atoms with Crippen LogP contribution in [0.2, 0.25) is 10.0 Å². The van der Waals surface area contributed by atoms with E-state index in [-0.39, 0.29) is 12.3 Å². The minimum atomic E-state index is -0.115. The fourth-order valence-electron chi connectivity index (χ4n) is 3.01. The van der Waals surface area contributed by atoms with Gasteiger partial charge in [-0.3, -0.25) is 4.79 Å². The van der Waals surface area contributed by atoms with Crippen LogP contribution in [0.4, 0.5) is 11.5 Å². The smallest absolute Gasteiger partial charge is 0.228 e. The zero-order valence-corrected chi connectivity index (χ0v) is 18.2. The topological polar surface area (TPSA) is 57.3 Å². The Morgan fingerprint density at radius 1 is 1.07 bits per heavy atom. The van der Waals surface area contributed by atoms with Gasteiger partial charge in [0.1, 0.15) is 5.82 Å². The minimum Gasteiger partial charge on any atom is -0.369 e. The van der Waals surface area contributed by atoms with Crippen molar-refractivity contribution in [2.24, 2.45) is 0 Å². The summed E-state index contributed by atoms with van der Waals surface area (Å²) in [5.74, 6) is 0.739. The van der Waals surface area contributed by atoms with Crippen molar-refractivity contribution in [3.63, 3.8) is 0 Å². The first-order chi connectivity index (χ1) is 13.8. The van der Waals surface area contributed by atoms with Crippen LogP contribution in [0.5, 0.6) is 0 Å². The maximum atomic E-state index is 12.4. The zero-order chi connectivity index (χ0) is 21.0. The summed E-state index contributed by atoms with van der Waals surface area (Å²) in [4.78, 5) is 19.2. The van der Waals surface area contributed by atoms with Crippen LogP contribution in [-0.4, -0.2) is 43.0 Å². The van der Waals surface area contributed by atoms with E-state index in [1.54, 1.807) is 18.2 Å². The second-order valence-electron chi connectivity index (χ2n) is 7.26. The van der Waals surface area contributed by atoms with Crippen LogP contribution < -0.4 is 10.6 Å². The van der Waals surface area contributed by atoms with Gasteiger partial charge in [-0.2, -0.15) is 0 Å². The predicted octanol–water partition coefficient (Wildman–Crippen LogP) is 5.00. The van der Waals surface area contributed by atoms with Gasteiger partial charge in [0, 0.05) is 24.2 Å². The van der Waals surface area contributed by atoms with E-state index >= 15 is 0 Å². The summed E-state index contributed by atoms with van der Waals surface area (Å²) in [5, 5.41) is 8.22. The summed E-state index contributed by atoms with van der Waals surface area (Å²) in [7, 11) is 4.08. The Kier molecular flexibility index (Phi) is 6.96. The monoisotopic (exact) mass is 430 g/mol. The van der Waals surface area contributed by atoms with E-state index in [0.717, 1.165) is 46.6 Å². The van der Waals surface area contributed by atoms with Crippen molar-refractivity contribution in [2.45, 2.75) is 13.3 Å². The van der Waals surface area contributed by atoms with Gasteiger partial charge >= 0.3 is 0 Å². The first kappa shape index (κ1) is 21.4. The third kappa shape index (κ3) is 5.82. The molecule has 3 aromatic rings. The maximum absolute atomic E-state index is 12.4. The summed E-state index contributed by atoms with van der Waals surface area (Å²) in [6.45, 7) is 3.80. The minimum absolute atomic E-state index is 0.115. The SMILES string of the molecule is Cc1cc(NCCN(C)C)nc2ccc(NC(=O)Cc3ccc(Cl)c(Cl)c3)cc12. The molecule has 0 unspecified atom stereocenters. The fraction of sp³-hybridized carbons (Fsp3) is 0.273. The van der Waals surface area contributed by atoms with Crippen molar-refractivity contribution in [3.8, 4) is 0 Å². The van der Waals surface area contributed by atoms with E-state index in [9.17, 15) is 4.79 Å². The number of amides is 1. The summed E-state index contributed by atoms with van der Waals surface area (Å²) in [5.41, 5.74) is 3.53. The van der Waals surface area contributed by atoms with E-state index in [0.29, 0.717) is 10.0 Å². The molecule has 0 bridgehead atoms. The molecule has 152 valence electrons. The third-order valence-electron chi connectivity index (χ3n) is 4.51. The number of carbonyl (C=O) groups excluding carboxylic acids is 1. The van der Waals surface area contributed by atoms with Crippen LogP contribution in [0.15, 0.2) is 42.5 Å². The molecule has 0 aliphatic heterocycles. The van der Waals surface area contributed by atoms with Gasteiger partial charge in [-0.25, -0.2) is 4.98 Å². The van der Waals surface area contributed by atoms with Gasteiger partial charge in [0.25, 0.3) is 0 Å². The molecule has 2 aromatic carbocycles. The van der Waals surface area contributed by atoms with Gasteiger partial charge < -0.3 is 15.5 Å². The molecule has 0 radical (unpaired) electrons. The Morgan fingerprint density at radius 3 is 2.59 bits per heavy atom. The number of hydrogen-bond donors (Lipinski definition) is 2. The largest absolute Gasteiger partial charge is 0.369 e. The van der Waals surface area contributed by atoms with Crippen LogP contribution in [0.3, 0.4) is 0 Å². The van der Waals surface area contributed by atoms with E-state index < -0.39 is 0 Å². The lowest BCUT2D eigenvalue weighted by atomic mass is 10.1. The standard InChI is InChI=1S/C22H24Cl2N4O/c1-14-10-21(25-8-9-28(2)3)27-20-7-5-16(13-17(14)20)26-22(29)12-15-4-6-18(23)19(24)11-15/h4-7,10-11,13H,8-9,12H2,1-3H3,(H,25,27)(H,26,29).